The van der Waals surface area contributed by atoms with E-state index in [-0.39, 0.29) is 5.41 Å². The van der Waals surface area contributed by atoms with Crippen LogP contribution < -0.4 is 5.73 Å². The Morgan fingerprint density at radius 1 is 1.36 bits per heavy atom. The van der Waals surface area contributed by atoms with Gasteiger partial charge in [0.25, 0.3) is 0 Å². The van der Waals surface area contributed by atoms with Crippen LogP contribution in [0.4, 0.5) is 0 Å². The van der Waals surface area contributed by atoms with Crippen LogP contribution in [0.5, 0.6) is 0 Å². The van der Waals surface area contributed by atoms with E-state index in [2.05, 4.69) is 20.8 Å². The molecule has 62 valence electrons. The van der Waals surface area contributed by atoms with E-state index >= 15 is 0 Å². The highest BCUT2D eigenvalue weighted by atomic mass is 14.8. The SMILES string of the molecule is CC12CCC(C[C]1[NH])C2(C)C. The smallest absolute Gasteiger partial charge is 0.0585 e. The van der Waals surface area contributed by atoms with Crippen molar-refractivity contribution in [2.45, 2.75) is 40.0 Å². The maximum Gasteiger partial charge on any atom is 0.0585 e. The van der Waals surface area contributed by atoms with Crippen molar-refractivity contribution in [3.05, 3.63) is 6.04 Å². The lowest BCUT2D eigenvalue weighted by Gasteiger charge is -2.36. The summed E-state index contributed by atoms with van der Waals surface area (Å²) in [6.45, 7) is 6.96. The average molecular weight is 151 g/mol. The maximum absolute atomic E-state index is 7.89. The topological polar surface area (TPSA) is 23.8 Å². The lowest BCUT2D eigenvalue weighted by molar-refractivity contribution is 0.163. The van der Waals surface area contributed by atoms with E-state index in [0.29, 0.717) is 5.41 Å². The van der Waals surface area contributed by atoms with E-state index in [1.165, 1.54) is 12.8 Å². The minimum Gasteiger partial charge on any atom is -0.249 e. The van der Waals surface area contributed by atoms with E-state index in [1.54, 1.807) is 0 Å². The molecule has 2 rings (SSSR count). The van der Waals surface area contributed by atoms with Gasteiger partial charge in [0.2, 0.25) is 0 Å². The highest BCUT2D eigenvalue weighted by Gasteiger charge is 2.60. The van der Waals surface area contributed by atoms with Gasteiger partial charge in [-0.15, -0.1) is 0 Å². The molecule has 0 aromatic carbocycles. The van der Waals surface area contributed by atoms with Gasteiger partial charge in [-0.2, -0.15) is 0 Å². The van der Waals surface area contributed by atoms with Gasteiger partial charge in [0.15, 0.2) is 0 Å². The van der Waals surface area contributed by atoms with Crippen molar-refractivity contribution in [3.8, 4) is 0 Å². The van der Waals surface area contributed by atoms with Crippen molar-refractivity contribution < 1.29 is 0 Å². The summed E-state index contributed by atoms with van der Waals surface area (Å²) in [6, 6.07) is 1.01. The third kappa shape index (κ3) is 0.658. The summed E-state index contributed by atoms with van der Waals surface area (Å²) in [5.41, 5.74) is 8.54. The van der Waals surface area contributed by atoms with Crippen LogP contribution in [-0.2, 0) is 0 Å². The van der Waals surface area contributed by atoms with Gasteiger partial charge in [-0.25, -0.2) is 5.73 Å². The summed E-state index contributed by atoms with van der Waals surface area (Å²) in [4.78, 5) is 0. The zero-order chi connectivity index (χ0) is 8.28. The zero-order valence-corrected chi connectivity index (χ0v) is 7.70. The molecule has 0 heterocycles. The Kier molecular flexibility index (Phi) is 1.26. The molecular formula is C10H17N. The number of rotatable bonds is 0. The highest BCUT2D eigenvalue weighted by Crippen LogP contribution is 2.67. The van der Waals surface area contributed by atoms with Gasteiger partial charge < -0.3 is 0 Å². The Morgan fingerprint density at radius 3 is 2.18 bits per heavy atom. The summed E-state index contributed by atoms with van der Waals surface area (Å²) >= 11 is 0. The largest absolute Gasteiger partial charge is 0.249 e. The van der Waals surface area contributed by atoms with Crippen LogP contribution in [0.3, 0.4) is 0 Å². The Labute approximate surface area is 69.4 Å². The molecule has 0 saturated heterocycles. The molecule has 2 aliphatic carbocycles. The number of hydrogen-bond acceptors (Lipinski definition) is 0. The van der Waals surface area contributed by atoms with Gasteiger partial charge in [0, 0.05) is 0 Å². The molecule has 2 radical (unpaired) electrons. The molecule has 2 aliphatic rings. The van der Waals surface area contributed by atoms with Crippen LogP contribution >= 0.6 is 0 Å². The minimum atomic E-state index is 0.248. The van der Waals surface area contributed by atoms with E-state index in [9.17, 15) is 0 Å². The van der Waals surface area contributed by atoms with E-state index in [0.717, 1.165) is 18.4 Å². The lowest BCUT2D eigenvalue weighted by Crippen LogP contribution is -2.31. The van der Waals surface area contributed by atoms with E-state index in [1.807, 2.05) is 0 Å². The van der Waals surface area contributed by atoms with Crippen LogP contribution in [0.1, 0.15) is 40.0 Å². The van der Waals surface area contributed by atoms with Crippen molar-refractivity contribution >= 4 is 0 Å². The van der Waals surface area contributed by atoms with Crippen LogP contribution in [0, 0.1) is 22.8 Å². The van der Waals surface area contributed by atoms with Crippen LogP contribution in [0.2, 0.25) is 0 Å². The predicted molar refractivity (Wildman–Crippen MR) is 45.6 cm³/mol. The standard InChI is InChI=1S/C10H17N/c1-9(2)7-4-5-10(9,3)8(11)6-7/h7,11H,4-6H2,1-3H3. The van der Waals surface area contributed by atoms with Gasteiger partial charge in [0.1, 0.15) is 0 Å². The maximum atomic E-state index is 7.89. The number of fused-ring (bicyclic) bond motifs is 2. The Hall–Kier alpha value is -0.0400. The van der Waals surface area contributed by atoms with Gasteiger partial charge in [-0.05, 0) is 36.0 Å². The van der Waals surface area contributed by atoms with Crippen LogP contribution in [-0.4, -0.2) is 0 Å². The van der Waals surface area contributed by atoms with E-state index in [4.69, 9.17) is 5.73 Å². The molecule has 2 atom stereocenters. The average Bonchev–Trinajstić information content (AvgIpc) is 2.20. The molecule has 1 N–H and O–H groups in total. The first-order valence-electron chi connectivity index (χ1n) is 4.56. The fourth-order valence-electron chi connectivity index (χ4n) is 2.97. The van der Waals surface area contributed by atoms with E-state index < -0.39 is 0 Å². The third-order valence-corrected chi connectivity index (χ3v) is 4.55. The monoisotopic (exact) mass is 151 g/mol. The molecule has 1 nitrogen and oxygen atoms in total. The molecule has 2 saturated carbocycles. The summed E-state index contributed by atoms with van der Waals surface area (Å²) < 4.78 is 0. The third-order valence-electron chi connectivity index (χ3n) is 4.55. The second kappa shape index (κ2) is 1.82. The minimum absolute atomic E-state index is 0.248. The summed E-state index contributed by atoms with van der Waals surface area (Å²) in [7, 11) is 0. The zero-order valence-electron chi connectivity index (χ0n) is 7.70. The molecule has 0 aromatic heterocycles. The molecule has 2 fully saturated rings. The number of hydrogen-bond donors (Lipinski definition) is 0. The quantitative estimate of drug-likeness (QED) is 0.508. The number of nitrogens with one attached hydrogen (secondary N) is 1. The lowest BCUT2D eigenvalue weighted by atomic mass is 9.69. The normalized spacial score (nSPS) is 48.5. The van der Waals surface area contributed by atoms with Crippen molar-refractivity contribution in [2.24, 2.45) is 16.7 Å². The summed E-state index contributed by atoms with van der Waals surface area (Å²) in [5, 5.41) is 0. The second-order valence-corrected chi connectivity index (χ2v) is 4.97. The Balaban J connectivity index is 2.40. The molecule has 0 aromatic rings. The van der Waals surface area contributed by atoms with Crippen molar-refractivity contribution in [2.75, 3.05) is 0 Å². The first kappa shape index (κ1) is 7.60. The molecule has 2 bridgehead atoms. The molecule has 11 heavy (non-hydrogen) atoms. The highest BCUT2D eigenvalue weighted by molar-refractivity contribution is 5.20. The fourth-order valence-corrected chi connectivity index (χ4v) is 2.97. The molecule has 2 unspecified atom stereocenters. The van der Waals surface area contributed by atoms with Crippen molar-refractivity contribution in [1.29, 1.82) is 0 Å². The predicted octanol–water partition coefficient (Wildman–Crippen LogP) is 2.65. The van der Waals surface area contributed by atoms with Crippen molar-refractivity contribution in [1.82, 2.24) is 5.73 Å². The van der Waals surface area contributed by atoms with Crippen molar-refractivity contribution in [3.63, 3.8) is 0 Å². The van der Waals surface area contributed by atoms with Gasteiger partial charge >= 0.3 is 0 Å². The second-order valence-electron chi connectivity index (χ2n) is 4.97. The fraction of sp³-hybridized carbons (Fsp3) is 0.900. The van der Waals surface area contributed by atoms with Gasteiger partial charge in [0.05, 0.1) is 6.04 Å². The first-order chi connectivity index (χ1) is 4.98. The van der Waals surface area contributed by atoms with Crippen LogP contribution in [0.25, 0.3) is 0 Å². The van der Waals surface area contributed by atoms with Crippen LogP contribution in [0.15, 0.2) is 0 Å². The molecule has 0 aliphatic heterocycles. The van der Waals surface area contributed by atoms with Gasteiger partial charge in [-0.3, -0.25) is 0 Å². The van der Waals surface area contributed by atoms with Gasteiger partial charge in [-0.1, -0.05) is 20.8 Å². The molecular weight excluding hydrogens is 134 g/mol. The summed E-state index contributed by atoms with van der Waals surface area (Å²) in [6.07, 6.45) is 3.68. The Bertz CT molecular complexity index is 185. The first-order valence-corrected chi connectivity index (χ1v) is 4.56. The molecule has 0 amide bonds. The molecule has 0 spiro atoms. The molecule has 1 heteroatoms. The Morgan fingerprint density at radius 2 is 2.00 bits per heavy atom. The summed E-state index contributed by atoms with van der Waals surface area (Å²) in [5.74, 6) is 0.806.